The quantitative estimate of drug-likeness (QED) is 0.655. The van der Waals surface area contributed by atoms with Gasteiger partial charge in [0.05, 0.1) is 18.2 Å². The molecule has 142 valence electrons. The number of H-pyrrole nitrogens is 1. The van der Waals surface area contributed by atoms with E-state index < -0.39 is 30.0 Å². The topological polar surface area (TPSA) is 115 Å². The number of para-hydroxylation sites is 1. The van der Waals surface area contributed by atoms with E-state index in [2.05, 4.69) is 15.0 Å². The highest BCUT2D eigenvalue weighted by molar-refractivity contribution is 6.04. The molecule has 0 radical (unpaired) electrons. The highest BCUT2D eigenvalue weighted by Gasteiger charge is 2.15. The number of fused-ring (bicyclic) bond motifs is 1. The van der Waals surface area contributed by atoms with E-state index in [0.29, 0.717) is 16.6 Å². The molecule has 0 fully saturated rings. The van der Waals surface area contributed by atoms with Gasteiger partial charge in [-0.1, -0.05) is 24.3 Å². The van der Waals surface area contributed by atoms with Crippen LogP contribution >= 0.6 is 0 Å². The zero-order valence-electron chi connectivity index (χ0n) is 14.9. The number of amides is 1. The van der Waals surface area contributed by atoms with Crippen molar-refractivity contribution in [3.8, 4) is 0 Å². The van der Waals surface area contributed by atoms with Gasteiger partial charge in [0.25, 0.3) is 5.91 Å². The molecule has 0 aliphatic rings. The number of benzene rings is 2. The smallest absolute Gasteiger partial charge is 0.339 e. The van der Waals surface area contributed by atoms with Gasteiger partial charge < -0.3 is 19.8 Å². The first kappa shape index (κ1) is 18.8. The van der Waals surface area contributed by atoms with Gasteiger partial charge in [-0.25, -0.2) is 9.59 Å². The summed E-state index contributed by atoms with van der Waals surface area (Å²) in [5.41, 5.74) is 0.735. The number of aromatic nitrogens is 1. The number of hydrogen-bond acceptors (Lipinski definition) is 6. The Hall–Kier alpha value is -3.94. The Bertz CT molecular complexity index is 1120. The first-order valence-corrected chi connectivity index (χ1v) is 8.25. The largest absolute Gasteiger partial charge is 0.465 e. The van der Waals surface area contributed by atoms with Gasteiger partial charge in [0, 0.05) is 22.7 Å². The average Bonchev–Trinajstić information content (AvgIpc) is 2.70. The second-order valence-corrected chi connectivity index (χ2v) is 5.79. The minimum atomic E-state index is -0.791. The van der Waals surface area contributed by atoms with Crippen molar-refractivity contribution in [1.29, 1.82) is 0 Å². The number of rotatable bonds is 5. The van der Waals surface area contributed by atoms with Gasteiger partial charge in [0.2, 0.25) is 5.56 Å². The van der Waals surface area contributed by atoms with Gasteiger partial charge in [-0.05, 0) is 24.3 Å². The monoisotopic (exact) mass is 380 g/mol. The second-order valence-electron chi connectivity index (χ2n) is 5.79. The third-order valence-electron chi connectivity index (χ3n) is 3.87. The molecule has 28 heavy (non-hydrogen) atoms. The summed E-state index contributed by atoms with van der Waals surface area (Å²) < 4.78 is 9.65. The van der Waals surface area contributed by atoms with Crippen LogP contribution in [0.4, 0.5) is 5.69 Å². The van der Waals surface area contributed by atoms with E-state index in [4.69, 9.17) is 4.74 Å². The fourth-order valence-corrected chi connectivity index (χ4v) is 2.62. The van der Waals surface area contributed by atoms with E-state index >= 15 is 0 Å². The normalized spacial score (nSPS) is 10.3. The van der Waals surface area contributed by atoms with Crippen LogP contribution in [-0.2, 0) is 14.3 Å². The SMILES string of the molecule is COC(=O)c1cccc(NC(=O)COC(=O)c2cc(=O)[nH]c3ccccc23)c1. The van der Waals surface area contributed by atoms with E-state index in [-0.39, 0.29) is 11.1 Å². The summed E-state index contributed by atoms with van der Waals surface area (Å²) in [4.78, 5) is 50.3. The summed E-state index contributed by atoms with van der Waals surface area (Å²) >= 11 is 0. The van der Waals surface area contributed by atoms with Crippen molar-refractivity contribution in [2.24, 2.45) is 0 Å². The number of pyridine rings is 1. The molecular weight excluding hydrogens is 364 g/mol. The fourth-order valence-electron chi connectivity index (χ4n) is 2.62. The van der Waals surface area contributed by atoms with Gasteiger partial charge in [-0.15, -0.1) is 0 Å². The van der Waals surface area contributed by atoms with Gasteiger partial charge in [0.15, 0.2) is 6.61 Å². The standard InChI is InChI=1S/C20H16N2O6/c1-27-19(25)12-5-4-6-13(9-12)21-18(24)11-28-20(26)15-10-17(23)22-16-8-3-2-7-14(15)16/h2-10H,11H2,1H3,(H,21,24)(H,22,23). The lowest BCUT2D eigenvalue weighted by Gasteiger charge is -2.09. The van der Waals surface area contributed by atoms with Crippen LogP contribution in [0, 0.1) is 0 Å². The highest BCUT2D eigenvalue weighted by Crippen LogP contribution is 2.16. The number of carbonyl (C=O) groups excluding carboxylic acids is 3. The van der Waals surface area contributed by atoms with E-state index in [1.165, 1.54) is 13.2 Å². The van der Waals surface area contributed by atoms with Crippen LogP contribution in [0.15, 0.2) is 59.4 Å². The second kappa shape index (κ2) is 8.17. The predicted molar refractivity (Wildman–Crippen MR) is 101 cm³/mol. The van der Waals surface area contributed by atoms with Crippen molar-refractivity contribution in [2.75, 3.05) is 19.0 Å². The summed E-state index contributed by atoms with van der Waals surface area (Å²) in [5.74, 6) is -1.92. The van der Waals surface area contributed by atoms with E-state index in [0.717, 1.165) is 6.07 Å². The molecule has 2 N–H and O–H groups in total. The molecule has 0 saturated carbocycles. The molecule has 0 spiro atoms. The van der Waals surface area contributed by atoms with Crippen LogP contribution in [0.25, 0.3) is 10.9 Å². The molecule has 0 aliphatic carbocycles. The number of aromatic amines is 1. The lowest BCUT2D eigenvalue weighted by Crippen LogP contribution is -2.22. The minimum absolute atomic E-state index is 0.0693. The van der Waals surface area contributed by atoms with E-state index in [1.807, 2.05) is 0 Å². The molecule has 0 unspecified atom stereocenters. The molecule has 1 heterocycles. The molecule has 8 nitrogen and oxygen atoms in total. The van der Waals surface area contributed by atoms with Gasteiger partial charge in [-0.3, -0.25) is 9.59 Å². The number of ether oxygens (including phenoxy) is 2. The number of nitrogens with one attached hydrogen (secondary N) is 2. The predicted octanol–water partition coefficient (Wildman–Crippen LogP) is 2.11. The van der Waals surface area contributed by atoms with Crippen molar-refractivity contribution in [1.82, 2.24) is 4.98 Å². The highest BCUT2D eigenvalue weighted by atomic mass is 16.5. The van der Waals surface area contributed by atoms with Crippen LogP contribution in [0.2, 0.25) is 0 Å². The van der Waals surface area contributed by atoms with Crippen LogP contribution in [0.5, 0.6) is 0 Å². The molecule has 0 saturated heterocycles. The number of hydrogen-bond donors (Lipinski definition) is 2. The number of methoxy groups -OCH3 is 1. The lowest BCUT2D eigenvalue weighted by molar-refractivity contribution is -0.119. The third kappa shape index (κ3) is 4.24. The van der Waals surface area contributed by atoms with Crippen LogP contribution in [-0.4, -0.2) is 36.5 Å². The lowest BCUT2D eigenvalue weighted by atomic mass is 10.1. The molecule has 3 aromatic rings. The Balaban J connectivity index is 1.68. The van der Waals surface area contributed by atoms with E-state index in [9.17, 15) is 19.2 Å². The Morgan fingerprint density at radius 2 is 1.79 bits per heavy atom. The Morgan fingerprint density at radius 1 is 1.00 bits per heavy atom. The van der Waals surface area contributed by atoms with Crippen molar-refractivity contribution >= 4 is 34.4 Å². The van der Waals surface area contributed by atoms with Gasteiger partial charge in [0.1, 0.15) is 0 Å². The Morgan fingerprint density at radius 3 is 2.57 bits per heavy atom. The van der Waals surface area contributed by atoms with Gasteiger partial charge in [-0.2, -0.15) is 0 Å². The van der Waals surface area contributed by atoms with Crippen LogP contribution < -0.4 is 10.9 Å². The number of carbonyl (C=O) groups is 3. The molecule has 8 heteroatoms. The van der Waals surface area contributed by atoms with Gasteiger partial charge >= 0.3 is 11.9 Å². The zero-order valence-corrected chi connectivity index (χ0v) is 14.9. The van der Waals surface area contributed by atoms with Crippen molar-refractivity contribution in [3.63, 3.8) is 0 Å². The maximum atomic E-state index is 12.3. The summed E-state index contributed by atoms with van der Waals surface area (Å²) in [6, 6.07) is 14.0. The van der Waals surface area contributed by atoms with Crippen LogP contribution in [0.3, 0.4) is 0 Å². The van der Waals surface area contributed by atoms with Crippen LogP contribution in [0.1, 0.15) is 20.7 Å². The number of esters is 2. The summed E-state index contributed by atoms with van der Waals surface area (Å²) in [7, 11) is 1.26. The molecule has 1 amide bonds. The maximum Gasteiger partial charge on any atom is 0.339 e. The first-order valence-electron chi connectivity index (χ1n) is 8.25. The van der Waals surface area contributed by atoms with Crippen molar-refractivity contribution < 1.29 is 23.9 Å². The Labute approximate surface area is 159 Å². The van der Waals surface area contributed by atoms with E-state index in [1.54, 1.807) is 42.5 Å². The minimum Gasteiger partial charge on any atom is -0.465 e. The molecular formula is C20H16N2O6. The molecule has 0 bridgehead atoms. The summed E-state index contributed by atoms with van der Waals surface area (Å²) in [6.07, 6.45) is 0. The number of anilines is 1. The summed E-state index contributed by atoms with van der Waals surface area (Å²) in [6.45, 7) is -0.553. The molecule has 3 rings (SSSR count). The zero-order chi connectivity index (χ0) is 20.1. The average molecular weight is 380 g/mol. The fraction of sp³-hybridized carbons (Fsp3) is 0.100. The van der Waals surface area contributed by atoms with Crippen molar-refractivity contribution in [3.05, 3.63) is 76.1 Å². The molecule has 1 aromatic heterocycles. The maximum absolute atomic E-state index is 12.3. The van der Waals surface area contributed by atoms with Crippen molar-refractivity contribution in [2.45, 2.75) is 0 Å². The summed E-state index contributed by atoms with van der Waals surface area (Å²) in [5, 5.41) is 3.04. The Kier molecular flexibility index (Phi) is 5.50. The third-order valence-corrected chi connectivity index (χ3v) is 3.87. The molecule has 2 aromatic carbocycles. The first-order chi connectivity index (χ1) is 13.5. The molecule has 0 atom stereocenters. The molecule has 0 aliphatic heterocycles.